The fraction of sp³-hybridized carbons (Fsp3) is 0.200. The molecule has 0 heterocycles. The fourth-order valence-corrected chi connectivity index (χ4v) is 2.41. The van der Waals surface area contributed by atoms with Crippen molar-refractivity contribution >= 4 is 11.8 Å². The van der Waals surface area contributed by atoms with Gasteiger partial charge in [-0.1, -0.05) is 35.5 Å². The lowest BCUT2D eigenvalue weighted by atomic mass is 10.1. The van der Waals surface area contributed by atoms with Gasteiger partial charge in [0.1, 0.15) is 5.82 Å². The van der Waals surface area contributed by atoms with Crippen molar-refractivity contribution in [2.75, 3.05) is 0 Å². The molecule has 0 amide bonds. The first-order chi connectivity index (χ1) is 8.56. The number of hydrogen-bond donors (Lipinski definition) is 1. The van der Waals surface area contributed by atoms with Crippen LogP contribution in [0.3, 0.4) is 0 Å². The first-order valence-electron chi connectivity index (χ1n) is 5.78. The molecule has 1 nitrogen and oxygen atoms in total. The standard InChI is InChI=1S/C15H15FOS/c1-10-3-6-13(7-4-10)18-15-8-5-12(11(2)17)9-14(15)16/h3-9,11,17H,1-2H3. The largest absolute Gasteiger partial charge is 0.389 e. The number of aliphatic hydroxyl groups excluding tert-OH is 1. The van der Waals surface area contributed by atoms with Crippen molar-refractivity contribution < 1.29 is 9.50 Å². The molecular formula is C15H15FOS. The second-order valence-electron chi connectivity index (χ2n) is 4.28. The molecule has 18 heavy (non-hydrogen) atoms. The van der Waals surface area contributed by atoms with E-state index in [0.29, 0.717) is 10.5 Å². The summed E-state index contributed by atoms with van der Waals surface area (Å²) in [6, 6.07) is 12.8. The van der Waals surface area contributed by atoms with Crippen molar-refractivity contribution in [1.82, 2.24) is 0 Å². The van der Waals surface area contributed by atoms with Crippen LogP contribution in [0.25, 0.3) is 0 Å². The molecule has 1 N–H and O–H groups in total. The van der Waals surface area contributed by atoms with Crippen LogP contribution in [0.1, 0.15) is 24.2 Å². The van der Waals surface area contributed by atoms with Gasteiger partial charge in [0.05, 0.1) is 6.10 Å². The third-order valence-corrected chi connectivity index (χ3v) is 3.75. The van der Waals surface area contributed by atoms with Crippen molar-refractivity contribution in [2.45, 2.75) is 29.7 Å². The highest BCUT2D eigenvalue weighted by atomic mass is 32.2. The molecule has 0 spiro atoms. The third-order valence-electron chi connectivity index (χ3n) is 2.69. The van der Waals surface area contributed by atoms with Gasteiger partial charge in [-0.15, -0.1) is 0 Å². The average Bonchev–Trinajstić information content (AvgIpc) is 2.34. The minimum Gasteiger partial charge on any atom is -0.389 e. The van der Waals surface area contributed by atoms with E-state index in [4.69, 9.17) is 0 Å². The van der Waals surface area contributed by atoms with Crippen LogP contribution < -0.4 is 0 Å². The molecule has 1 unspecified atom stereocenters. The topological polar surface area (TPSA) is 20.2 Å². The van der Waals surface area contributed by atoms with E-state index < -0.39 is 6.10 Å². The van der Waals surface area contributed by atoms with Crippen molar-refractivity contribution in [3.8, 4) is 0 Å². The zero-order chi connectivity index (χ0) is 13.1. The van der Waals surface area contributed by atoms with E-state index in [0.717, 1.165) is 4.90 Å². The lowest BCUT2D eigenvalue weighted by Gasteiger charge is -2.08. The van der Waals surface area contributed by atoms with Gasteiger partial charge in [0.2, 0.25) is 0 Å². The van der Waals surface area contributed by atoms with Gasteiger partial charge in [-0.2, -0.15) is 0 Å². The fourth-order valence-electron chi connectivity index (χ4n) is 1.59. The van der Waals surface area contributed by atoms with Crippen LogP contribution in [0.5, 0.6) is 0 Å². The molecule has 94 valence electrons. The first-order valence-corrected chi connectivity index (χ1v) is 6.60. The second-order valence-corrected chi connectivity index (χ2v) is 5.40. The first kappa shape index (κ1) is 13.1. The Hall–Kier alpha value is -1.32. The summed E-state index contributed by atoms with van der Waals surface area (Å²) in [4.78, 5) is 1.58. The minimum absolute atomic E-state index is 0.293. The zero-order valence-electron chi connectivity index (χ0n) is 10.4. The maximum absolute atomic E-state index is 13.8. The Labute approximate surface area is 111 Å². The van der Waals surface area contributed by atoms with E-state index in [1.165, 1.54) is 23.4 Å². The molecule has 0 aliphatic carbocycles. The molecule has 2 rings (SSSR count). The van der Waals surface area contributed by atoms with E-state index in [1.807, 2.05) is 31.2 Å². The maximum atomic E-state index is 13.8. The Bertz CT molecular complexity index is 535. The Morgan fingerprint density at radius 2 is 1.78 bits per heavy atom. The predicted octanol–water partition coefficient (Wildman–Crippen LogP) is 4.34. The van der Waals surface area contributed by atoms with Gasteiger partial charge in [0, 0.05) is 9.79 Å². The summed E-state index contributed by atoms with van der Waals surface area (Å²) in [5.41, 5.74) is 1.78. The monoisotopic (exact) mass is 262 g/mol. The Kier molecular flexibility index (Phi) is 4.04. The van der Waals surface area contributed by atoms with Gasteiger partial charge < -0.3 is 5.11 Å². The van der Waals surface area contributed by atoms with Crippen molar-refractivity contribution in [3.05, 3.63) is 59.4 Å². The lowest BCUT2D eigenvalue weighted by Crippen LogP contribution is -1.92. The van der Waals surface area contributed by atoms with Crippen molar-refractivity contribution in [3.63, 3.8) is 0 Å². The molecule has 0 aliphatic rings. The summed E-state index contributed by atoms with van der Waals surface area (Å²) >= 11 is 1.39. The van der Waals surface area contributed by atoms with E-state index in [9.17, 15) is 9.50 Å². The number of halogens is 1. The highest BCUT2D eigenvalue weighted by molar-refractivity contribution is 7.99. The smallest absolute Gasteiger partial charge is 0.137 e. The van der Waals surface area contributed by atoms with Crippen LogP contribution in [0.15, 0.2) is 52.3 Å². The average molecular weight is 262 g/mol. The lowest BCUT2D eigenvalue weighted by molar-refractivity contribution is 0.198. The summed E-state index contributed by atoms with van der Waals surface area (Å²) in [6.07, 6.45) is -0.641. The Morgan fingerprint density at radius 3 is 2.33 bits per heavy atom. The summed E-state index contributed by atoms with van der Waals surface area (Å²) in [5.74, 6) is -0.293. The zero-order valence-corrected chi connectivity index (χ0v) is 11.2. The quantitative estimate of drug-likeness (QED) is 0.888. The SMILES string of the molecule is Cc1ccc(Sc2ccc(C(C)O)cc2F)cc1. The van der Waals surface area contributed by atoms with Gasteiger partial charge in [0.25, 0.3) is 0 Å². The number of hydrogen-bond acceptors (Lipinski definition) is 2. The van der Waals surface area contributed by atoms with Crippen molar-refractivity contribution in [1.29, 1.82) is 0 Å². The molecule has 0 saturated carbocycles. The van der Waals surface area contributed by atoms with Crippen LogP contribution >= 0.6 is 11.8 Å². The van der Waals surface area contributed by atoms with Crippen LogP contribution in [0.2, 0.25) is 0 Å². The summed E-state index contributed by atoms with van der Waals surface area (Å²) in [7, 11) is 0. The molecule has 0 fully saturated rings. The minimum atomic E-state index is -0.641. The van der Waals surface area contributed by atoms with Crippen molar-refractivity contribution in [2.24, 2.45) is 0 Å². The molecule has 0 radical (unpaired) electrons. The number of aryl methyl sites for hydroxylation is 1. The predicted molar refractivity (Wildman–Crippen MR) is 72.3 cm³/mol. The van der Waals surface area contributed by atoms with E-state index in [1.54, 1.807) is 19.1 Å². The van der Waals surface area contributed by atoms with Gasteiger partial charge >= 0.3 is 0 Å². The number of benzene rings is 2. The van der Waals surface area contributed by atoms with E-state index >= 15 is 0 Å². The molecule has 0 aromatic heterocycles. The molecule has 2 aromatic carbocycles. The molecule has 3 heteroatoms. The van der Waals surface area contributed by atoms with Gasteiger partial charge in [0.15, 0.2) is 0 Å². The van der Waals surface area contributed by atoms with Crippen LogP contribution in [0, 0.1) is 12.7 Å². The highest BCUT2D eigenvalue weighted by Gasteiger charge is 2.08. The van der Waals surface area contributed by atoms with E-state index in [-0.39, 0.29) is 5.82 Å². The van der Waals surface area contributed by atoms with Gasteiger partial charge in [-0.05, 0) is 43.7 Å². The molecular weight excluding hydrogens is 247 g/mol. The van der Waals surface area contributed by atoms with Crippen LogP contribution in [-0.4, -0.2) is 5.11 Å². The van der Waals surface area contributed by atoms with Gasteiger partial charge in [-0.25, -0.2) is 4.39 Å². The molecule has 1 atom stereocenters. The summed E-state index contributed by atoms with van der Waals surface area (Å²) in [6.45, 7) is 3.65. The van der Waals surface area contributed by atoms with E-state index in [2.05, 4.69) is 0 Å². The number of rotatable bonds is 3. The summed E-state index contributed by atoms with van der Waals surface area (Å²) in [5, 5.41) is 9.39. The molecule has 2 aromatic rings. The third kappa shape index (κ3) is 3.12. The van der Waals surface area contributed by atoms with Gasteiger partial charge in [-0.3, -0.25) is 0 Å². The van der Waals surface area contributed by atoms with Crippen LogP contribution in [0.4, 0.5) is 4.39 Å². The highest BCUT2D eigenvalue weighted by Crippen LogP contribution is 2.31. The number of aliphatic hydroxyl groups is 1. The Balaban J connectivity index is 2.22. The second kappa shape index (κ2) is 5.55. The Morgan fingerprint density at radius 1 is 1.11 bits per heavy atom. The molecule has 0 saturated heterocycles. The molecule has 0 aliphatic heterocycles. The maximum Gasteiger partial charge on any atom is 0.137 e. The normalized spacial score (nSPS) is 12.4. The molecule has 0 bridgehead atoms. The summed E-state index contributed by atoms with van der Waals surface area (Å²) < 4.78 is 13.8. The van der Waals surface area contributed by atoms with Crippen LogP contribution in [-0.2, 0) is 0 Å².